The summed E-state index contributed by atoms with van der Waals surface area (Å²) >= 11 is 0. The Labute approximate surface area is 199 Å². The predicted octanol–water partition coefficient (Wildman–Crippen LogP) is 3.56. The highest BCUT2D eigenvalue weighted by Gasteiger charge is 2.24. The van der Waals surface area contributed by atoms with Crippen LogP contribution in [0.15, 0.2) is 30.7 Å². The molecule has 1 atom stereocenters. The summed E-state index contributed by atoms with van der Waals surface area (Å²) in [5, 5.41) is 4.32. The monoisotopic (exact) mass is 463 g/mol. The zero-order valence-electron chi connectivity index (χ0n) is 20.6. The van der Waals surface area contributed by atoms with Crippen LogP contribution in [0.25, 0.3) is 27.9 Å². The lowest BCUT2D eigenvalue weighted by molar-refractivity contribution is 0.0952. The first-order valence-corrected chi connectivity index (χ1v) is 11.9. The van der Waals surface area contributed by atoms with Gasteiger partial charge in [-0.15, -0.1) is 0 Å². The fourth-order valence-corrected chi connectivity index (χ4v) is 4.96. The molecule has 0 radical (unpaired) electrons. The Kier molecular flexibility index (Phi) is 6.14. The first-order chi connectivity index (χ1) is 16.5. The first kappa shape index (κ1) is 22.6. The van der Waals surface area contributed by atoms with Gasteiger partial charge in [0.15, 0.2) is 11.4 Å². The quantitative estimate of drug-likeness (QED) is 0.449. The fraction of sp³-hybridized carbons (Fsp3) is 0.480. The number of piperazine rings is 1. The standard InChI is InChI=1S/C25H33N7O2/c1-16(2)22-23(18-12-20(34-5)25-26-15-27-32(25)13-18)28-19-6-7-21(29-24(19)22)31-10-8-30(9-11-31)17(3)14-33-4/h6-7,12-13,15-17,28H,8-11,14H2,1-5H3. The maximum Gasteiger partial charge on any atom is 0.197 e. The van der Waals surface area contributed by atoms with Gasteiger partial charge in [0.05, 0.1) is 30.4 Å². The largest absolute Gasteiger partial charge is 0.493 e. The van der Waals surface area contributed by atoms with Gasteiger partial charge in [-0.2, -0.15) is 5.10 Å². The molecule has 1 saturated heterocycles. The molecule has 5 heterocycles. The minimum Gasteiger partial charge on any atom is -0.493 e. The van der Waals surface area contributed by atoms with Crippen molar-refractivity contribution in [1.82, 2.24) is 29.5 Å². The summed E-state index contributed by atoms with van der Waals surface area (Å²) in [6.45, 7) is 11.4. The van der Waals surface area contributed by atoms with E-state index < -0.39 is 0 Å². The molecule has 4 aromatic rings. The van der Waals surface area contributed by atoms with Crippen LogP contribution < -0.4 is 9.64 Å². The van der Waals surface area contributed by atoms with Crippen molar-refractivity contribution in [3.05, 3.63) is 36.3 Å². The molecule has 1 aliphatic heterocycles. The minimum atomic E-state index is 0.288. The molecule has 0 aliphatic carbocycles. The number of anilines is 1. The van der Waals surface area contributed by atoms with E-state index >= 15 is 0 Å². The lowest BCUT2D eigenvalue weighted by Gasteiger charge is -2.38. The van der Waals surface area contributed by atoms with Crippen molar-refractivity contribution in [3.63, 3.8) is 0 Å². The number of hydrogen-bond acceptors (Lipinski definition) is 7. The van der Waals surface area contributed by atoms with Gasteiger partial charge in [0.1, 0.15) is 12.1 Å². The van der Waals surface area contributed by atoms with Gasteiger partial charge >= 0.3 is 0 Å². The second kappa shape index (κ2) is 9.23. The smallest absolute Gasteiger partial charge is 0.197 e. The summed E-state index contributed by atoms with van der Waals surface area (Å²) in [6.07, 6.45) is 3.53. The zero-order chi connectivity index (χ0) is 23.8. The highest BCUT2D eigenvalue weighted by atomic mass is 16.5. The van der Waals surface area contributed by atoms with Gasteiger partial charge in [-0.3, -0.25) is 4.90 Å². The Hall–Kier alpha value is -3.17. The summed E-state index contributed by atoms with van der Waals surface area (Å²) in [5.74, 6) is 2.01. The van der Waals surface area contributed by atoms with E-state index in [1.54, 1.807) is 25.1 Å². The normalized spacial score (nSPS) is 16.1. The third-order valence-corrected chi connectivity index (χ3v) is 6.76. The molecular formula is C25H33N7O2. The number of fused-ring (bicyclic) bond motifs is 2. The van der Waals surface area contributed by atoms with Crippen LogP contribution in [0.2, 0.25) is 0 Å². The molecule has 180 valence electrons. The van der Waals surface area contributed by atoms with Gasteiger partial charge in [-0.25, -0.2) is 14.5 Å². The van der Waals surface area contributed by atoms with Crippen LogP contribution >= 0.6 is 0 Å². The molecule has 0 bridgehead atoms. The second-order valence-corrected chi connectivity index (χ2v) is 9.29. The van der Waals surface area contributed by atoms with Crippen LogP contribution in [-0.4, -0.2) is 82.5 Å². The van der Waals surface area contributed by atoms with Gasteiger partial charge in [0, 0.05) is 56.7 Å². The molecule has 0 aromatic carbocycles. The van der Waals surface area contributed by atoms with E-state index in [1.165, 1.54) is 5.56 Å². The van der Waals surface area contributed by atoms with Gasteiger partial charge in [0.2, 0.25) is 0 Å². The number of H-pyrrole nitrogens is 1. The maximum atomic E-state index is 5.59. The van der Waals surface area contributed by atoms with Crippen molar-refractivity contribution in [2.24, 2.45) is 0 Å². The summed E-state index contributed by atoms with van der Waals surface area (Å²) in [7, 11) is 3.43. The molecule has 9 nitrogen and oxygen atoms in total. The second-order valence-electron chi connectivity index (χ2n) is 9.29. The van der Waals surface area contributed by atoms with Crippen LogP contribution in [0.5, 0.6) is 5.75 Å². The number of nitrogens with one attached hydrogen (secondary N) is 1. The number of aromatic amines is 1. The fourth-order valence-electron chi connectivity index (χ4n) is 4.96. The van der Waals surface area contributed by atoms with E-state index in [0.29, 0.717) is 17.4 Å². The Morgan fingerprint density at radius 2 is 1.88 bits per heavy atom. The summed E-state index contributed by atoms with van der Waals surface area (Å²) < 4.78 is 12.7. The molecular weight excluding hydrogens is 430 g/mol. The number of nitrogens with zero attached hydrogens (tertiary/aromatic N) is 6. The Balaban J connectivity index is 1.50. The third kappa shape index (κ3) is 3.99. The Morgan fingerprint density at radius 3 is 2.59 bits per heavy atom. The molecule has 1 aliphatic rings. The first-order valence-electron chi connectivity index (χ1n) is 11.9. The summed E-state index contributed by atoms with van der Waals surface area (Å²) in [4.78, 5) is 17.9. The van der Waals surface area contributed by atoms with Gasteiger partial charge in [-0.05, 0) is 31.0 Å². The van der Waals surface area contributed by atoms with E-state index in [9.17, 15) is 0 Å². The van der Waals surface area contributed by atoms with Crippen LogP contribution in [-0.2, 0) is 4.74 Å². The average Bonchev–Trinajstić information content (AvgIpc) is 3.48. The van der Waals surface area contributed by atoms with Gasteiger partial charge in [-0.1, -0.05) is 13.8 Å². The number of hydrogen-bond donors (Lipinski definition) is 1. The Morgan fingerprint density at radius 1 is 1.09 bits per heavy atom. The van der Waals surface area contributed by atoms with Crippen molar-refractivity contribution in [2.45, 2.75) is 32.7 Å². The van der Waals surface area contributed by atoms with Gasteiger partial charge < -0.3 is 19.4 Å². The molecule has 1 unspecified atom stereocenters. The van der Waals surface area contributed by atoms with Crippen molar-refractivity contribution in [3.8, 4) is 17.0 Å². The molecule has 34 heavy (non-hydrogen) atoms. The molecule has 4 aromatic heterocycles. The van der Waals surface area contributed by atoms with E-state index in [2.05, 4.69) is 57.8 Å². The third-order valence-electron chi connectivity index (χ3n) is 6.76. The summed E-state index contributed by atoms with van der Waals surface area (Å²) in [5.41, 5.74) is 6.00. The van der Waals surface area contributed by atoms with E-state index in [4.69, 9.17) is 14.5 Å². The van der Waals surface area contributed by atoms with E-state index in [-0.39, 0.29) is 5.92 Å². The molecule has 0 amide bonds. The lowest BCUT2D eigenvalue weighted by Crippen LogP contribution is -2.50. The van der Waals surface area contributed by atoms with Crippen LogP contribution in [0.4, 0.5) is 5.82 Å². The average molecular weight is 464 g/mol. The highest BCUT2D eigenvalue weighted by Crippen LogP contribution is 2.37. The van der Waals surface area contributed by atoms with Crippen LogP contribution in [0, 0.1) is 0 Å². The van der Waals surface area contributed by atoms with Crippen LogP contribution in [0.1, 0.15) is 32.3 Å². The van der Waals surface area contributed by atoms with Crippen molar-refractivity contribution >= 4 is 22.5 Å². The van der Waals surface area contributed by atoms with E-state index in [0.717, 1.165) is 60.9 Å². The van der Waals surface area contributed by atoms with Crippen LogP contribution in [0.3, 0.4) is 0 Å². The number of aromatic nitrogens is 5. The van der Waals surface area contributed by atoms with Gasteiger partial charge in [0.25, 0.3) is 0 Å². The number of ether oxygens (including phenoxy) is 2. The van der Waals surface area contributed by atoms with Crippen molar-refractivity contribution in [1.29, 1.82) is 0 Å². The molecule has 1 fully saturated rings. The summed E-state index contributed by atoms with van der Waals surface area (Å²) in [6, 6.07) is 6.73. The Bertz CT molecular complexity index is 1290. The molecule has 0 saturated carbocycles. The molecule has 0 spiro atoms. The number of pyridine rings is 2. The molecule has 9 heteroatoms. The lowest BCUT2D eigenvalue weighted by atomic mass is 9.99. The van der Waals surface area contributed by atoms with Crippen molar-refractivity contribution in [2.75, 3.05) is 51.9 Å². The highest BCUT2D eigenvalue weighted by molar-refractivity contribution is 5.90. The van der Waals surface area contributed by atoms with Crippen molar-refractivity contribution < 1.29 is 9.47 Å². The predicted molar refractivity (Wildman–Crippen MR) is 134 cm³/mol. The molecule has 1 N–H and O–H groups in total. The SMILES string of the molecule is COCC(C)N1CCN(c2ccc3[nH]c(-c4cc(OC)c5ncnn5c4)c(C(C)C)c3n2)CC1. The minimum absolute atomic E-state index is 0.288. The number of methoxy groups -OCH3 is 2. The number of rotatable bonds is 7. The topological polar surface area (TPSA) is 83.8 Å². The van der Waals surface area contributed by atoms with E-state index in [1.807, 2.05) is 12.3 Å². The molecule has 5 rings (SSSR count). The maximum absolute atomic E-state index is 5.59. The zero-order valence-corrected chi connectivity index (χ0v) is 20.6.